The highest BCUT2D eigenvalue weighted by Gasteiger charge is 2.37. The zero-order chi connectivity index (χ0) is 32.2. The average molecular weight is 619 g/mol. The number of H-pyrrole nitrogens is 1. The van der Waals surface area contributed by atoms with Gasteiger partial charge in [-0.25, -0.2) is 15.3 Å². The van der Waals surface area contributed by atoms with Gasteiger partial charge in [-0.1, -0.05) is 48.5 Å². The number of aromatic amines is 1. The van der Waals surface area contributed by atoms with Gasteiger partial charge in [-0.05, 0) is 53.3 Å². The molecule has 2 heterocycles. The molecule has 16 nitrogen and oxygen atoms in total. The molecule has 1 aromatic heterocycles. The van der Waals surface area contributed by atoms with E-state index in [1.165, 1.54) is 4.90 Å². The summed E-state index contributed by atoms with van der Waals surface area (Å²) in [4.78, 5) is 64.9. The van der Waals surface area contributed by atoms with E-state index in [4.69, 9.17) is 5.73 Å². The first-order valence-electron chi connectivity index (χ1n) is 14.3. The van der Waals surface area contributed by atoms with Crippen molar-refractivity contribution in [1.82, 2.24) is 41.6 Å². The lowest BCUT2D eigenvalue weighted by molar-refractivity contribution is -0.144. The van der Waals surface area contributed by atoms with E-state index in [1.54, 1.807) is 12.1 Å². The van der Waals surface area contributed by atoms with Crippen LogP contribution in [-0.2, 0) is 20.8 Å². The van der Waals surface area contributed by atoms with Crippen molar-refractivity contribution in [3.63, 3.8) is 0 Å². The van der Waals surface area contributed by atoms with Crippen LogP contribution in [0.1, 0.15) is 48.3 Å². The summed E-state index contributed by atoms with van der Waals surface area (Å²) in [6, 6.07) is 12.4. The number of nitrogens with one attached hydrogen (secondary N) is 4. The Morgan fingerprint density at radius 1 is 1.07 bits per heavy atom. The molecule has 7 N–H and O–H groups in total. The van der Waals surface area contributed by atoms with Gasteiger partial charge in [0.15, 0.2) is 0 Å². The van der Waals surface area contributed by atoms with E-state index in [2.05, 4.69) is 36.4 Å². The van der Waals surface area contributed by atoms with Crippen molar-refractivity contribution in [2.45, 2.75) is 56.7 Å². The van der Waals surface area contributed by atoms with Crippen LogP contribution >= 0.6 is 0 Å². The molecule has 0 radical (unpaired) electrons. The molecule has 4 rings (SSSR count). The second kappa shape index (κ2) is 15.7. The second-order valence-electron chi connectivity index (χ2n) is 10.3. The van der Waals surface area contributed by atoms with Gasteiger partial charge in [-0.2, -0.15) is 5.10 Å². The van der Waals surface area contributed by atoms with Crippen LogP contribution in [0.15, 0.2) is 59.7 Å². The van der Waals surface area contributed by atoms with Gasteiger partial charge >= 0.3 is 12.0 Å². The summed E-state index contributed by atoms with van der Waals surface area (Å²) >= 11 is 0. The first-order valence-corrected chi connectivity index (χ1v) is 14.3. The van der Waals surface area contributed by atoms with Gasteiger partial charge in [0, 0.05) is 24.7 Å². The minimum atomic E-state index is -1.22. The third-order valence-electron chi connectivity index (χ3n) is 7.16. The fraction of sp³-hybridized carbons (Fsp3) is 0.345. The van der Waals surface area contributed by atoms with Crippen LogP contribution in [0.3, 0.4) is 0 Å². The van der Waals surface area contributed by atoms with E-state index in [1.807, 2.05) is 47.9 Å². The Labute approximate surface area is 257 Å². The summed E-state index contributed by atoms with van der Waals surface area (Å²) in [5, 5.41) is 32.0. The summed E-state index contributed by atoms with van der Waals surface area (Å²) < 4.78 is 0. The number of aromatic nitrogens is 4. The number of rotatable bonds is 13. The van der Waals surface area contributed by atoms with E-state index in [9.17, 15) is 29.1 Å². The smallest absolute Gasteiger partial charge is 0.332 e. The monoisotopic (exact) mass is 618 g/mol. The fourth-order valence-electron chi connectivity index (χ4n) is 5.08. The molecule has 16 heteroatoms. The predicted molar refractivity (Wildman–Crippen MR) is 160 cm³/mol. The molecule has 45 heavy (non-hydrogen) atoms. The van der Waals surface area contributed by atoms with Crippen molar-refractivity contribution in [3.05, 3.63) is 66.0 Å². The molecule has 3 atom stereocenters. The van der Waals surface area contributed by atoms with E-state index in [0.717, 1.165) is 11.8 Å². The Balaban J connectivity index is 1.56. The number of aryl methyl sites for hydroxylation is 1. The van der Waals surface area contributed by atoms with Crippen molar-refractivity contribution < 1.29 is 29.1 Å². The maximum absolute atomic E-state index is 14.1. The zero-order valence-corrected chi connectivity index (χ0v) is 24.3. The highest BCUT2D eigenvalue weighted by molar-refractivity contribution is 6.03. The number of urea groups is 1. The van der Waals surface area contributed by atoms with Crippen molar-refractivity contribution in [2.75, 3.05) is 6.54 Å². The lowest BCUT2D eigenvalue weighted by Crippen LogP contribution is -2.58. The van der Waals surface area contributed by atoms with Gasteiger partial charge in [-0.3, -0.25) is 19.2 Å². The van der Waals surface area contributed by atoms with Crippen molar-refractivity contribution in [2.24, 2.45) is 10.8 Å². The van der Waals surface area contributed by atoms with Gasteiger partial charge < -0.3 is 26.4 Å². The van der Waals surface area contributed by atoms with Gasteiger partial charge in [0.2, 0.25) is 11.8 Å². The first kappa shape index (κ1) is 32.2. The number of carbonyl (C=O) groups is 5. The largest absolute Gasteiger partial charge is 0.481 e. The molecule has 0 bridgehead atoms. The molecule has 1 fully saturated rings. The standard InChI is InChI=1S/C29H34N10O6/c30-29(45)36-31-17-19(16-25(40)41)32-27(43)23-12-6-7-15-39(23)28(44)22(13-14-24-34-37-38-35-24)33-26(42)21-11-5-4-10-20(21)18-8-2-1-3-9-18/h1-5,8-11,17,19,22-23H,6-7,12-16H2,(H,32,43)(H,33,42)(H,40,41)(H3,30,36,45)(H,34,35,37,38)/b31-17+/t19-,22-,23-/m0/s1. The Bertz CT molecular complexity index is 1510. The number of tetrazole rings is 1. The number of hydrazone groups is 1. The number of piperidine rings is 1. The number of nitrogens with zero attached hydrogens (tertiary/aromatic N) is 5. The Kier molecular flexibility index (Phi) is 11.3. The third-order valence-corrected chi connectivity index (χ3v) is 7.16. The summed E-state index contributed by atoms with van der Waals surface area (Å²) in [7, 11) is 0. The molecular formula is C29H34N10O6. The van der Waals surface area contributed by atoms with E-state index in [0.29, 0.717) is 36.2 Å². The number of primary amides is 1. The normalized spacial score (nSPS) is 16.0. The number of hydrogen-bond acceptors (Lipinski definition) is 9. The van der Waals surface area contributed by atoms with Crippen LogP contribution in [-0.4, -0.2) is 91.2 Å². The summed E-state index contributed by atoms with van der Waals surface area (Å²) in [5.41, 5.74) is 8.84. The molecule has 2 aromatic carbocycles. The van der Waals surface area contributed by atoms with Gasteiger partial charge in [-0.15, -0.1) is 5.10 Å². The topological polar surface area (TPSA) is 238 Å². The van der Waals surface area contributed by atoms with Crippen molar-refractivity contribution >= 4 is 35.9 Å². The van der Waals surface area contributed by atoms with Crippen LogP contribution in [0, 0.1) is 0 Å². The molecule has 0 unspecified atom stereocenters. The minimum Gasteiger partial charge on any atom is -0.481 e. The molecule has 1 aliphatic heterocycles. The number of aliphatic carboxylic acids is 1. The first-order chi connectivity index (χ1) is 21.7. The fourth-order valence-corrected chi connectivity index (χ4v) is 5.08. The number of hydrogen-bond donors (Lipinski definition) is 6. The van der Waals surface area contributed by atoms with Gasteiger partial charge in [0.1, 0.15) is 17.9 Å². The van der Waals surface area contributed by atoms with Gasteiger partial charge in [0.05, 0.1) is 12.5 Å². The van der Waals surface area contributed by atoms with Crippen LogP contribution < -0.4 is 21.8 Å². The Morgan fingerprint density at radius 3 is 2.53 bits per heavy atom. The number of likely N-dealkylation sites (tertiary alicyclic amines) is 1. The van der Waals surface area contributed by atoms with E-state index in [-0.39, 0.29) is 19.4 Å². The highest BCUT2D eigenvalue weighted by atomic mass is 16.4. The lowest BCUT2D eigenvalue weighted by Gasteiger charge is -2.37. The number of carboxylic acid groups (broad SMARTS) is 1. The number of carboxylic acids is 1. The number of benzene rings is 2. The molecule has 5 amide bonds. The maximum Gasteiger partial charge on any atom is 0.332 e. The lowest BCUT2D eigenvalue weighted by atomic mass is 9.97. The van der Waals surface area contributed by atoms with Crippen molar-refractivity contribution in [1.29, 1.82) is 0 Å². The molecule has 236 valence electrons. The predicted octanol–water partition coefficient (Wildman–Crippen LogP) is 0.593. The molecule has 1 saturated heterocycles. The molecule has 3 aromatic rings. The van der Waals surface area contributed by atoms with Crippen molar-refractivity contribution in [3.8, 4) is 11.1 Å². The Hall–Kier alpha value is -5.67. The minimum absolute atomic E-state index is 0.132. The number of nitrogens with two attached hydrogens (primary N) is 1. The molecule has 0 saturated carbocycles. The number of amides is 5. The quantitative estimate of drug-likeness (QED) is 0.116. The Morgan fingerprint density at radius 2 is 1.82 bits per heavy atom. The average Bonchev–Trinajstić information content (AvgIpc) is 3.56. The summed E-state index contributed by atoms with van der Waals surface area (Å²) in [6.07, 6.45) is 2.48. The van der Waals surface area contributed by atoms with Crippen LogP contribution in [0.2, 0.25) is 0 Å². The highest BCUT2D eigenvalue weighted by Crippen LogP contribution is 2.24. The molecule has 1 aliphatic rings. The van der Waals surface area contributed by atoms with Gasteiger partial charge in [0.25, 0.3) is 5.91 Å². The number of carbonyl (C=O) groups excluding carboxylic acids is 4. The summed E-state index contributed by atoms with van der Waals surface area (Å²) in [6.45, 7) is 0.245. The second-order valence-corrected chi connectivity index (χ2v) is 10.3. The van der Waals surface area contributed by atoms with Crippen LogP contribution in [0.25, 0.3) is 11.1 Å². The molecular weight excluding hydrogens is 584 g/mol. The van der Waals surface area contributed by atoms with Crippen LogP contribution in [0.5, 0.6) is 0 Å². The maximum atomic E-state index is 14.1. The zero-order valence-electron chi connectivity index (χ0n) is 24.3. The van der Waals surface area contributed by atoms with Crippen LogP contribution in [0.4, 0.5) is 4.79 Å². The molecule has 0 aliphatic carbocycles. The summed E-state index contributed by atoms with van der Waals surface area (Å²) in [5.74, 6) is -2.35. The SMILES string of the molecule is NC(=O)N/N=C/[C@H](CC(=O)O)NC(=O)[C@@H]1CCCCN1C(=O)[C@H](CCc1nnn[nH]1)NC(=O)c1ccccc1-c1ccccc1. The molecule has 0 spiro atoms. The third kappa shape index (κ3) is 9.16. The van der Waals surface area contributed by atoms with E-state index >= 15 is 0 Å². The van der Waals surface area contributed by atoms with E-state index < -0.39 is 54.3 Å².